The van der Waals surface area contributed by atoms with Crippen LogP contribution in [0.1, 0.15) is 28.1 Å². The van der Waals surface area contributed by atoms with Gasteiger partial charge in [-0.3, -0.25) is 9.59 Å². The summed E-state index contributed by atoms with van der Waals surface area (Å²) in [5.74, 6) is -0.769. The van der Waals surface area contributed by atoms with Crippen molar-refractivity contribution in [1.29, 1.82) is 0 Å². The van der Waals surface area contributed by atoms with Gasteiger partial charge in [-0.2, -0.15) is 0 Å². The molecule has 2 amide bonds. The average molecular weight is 416 g/mol. The highest BCUT2D eigenvalue weighted by molar-refractivity contribution is 7.18. The molecule has 8 heteroatoms. The van der Waals surface area contributed by atoms with Crippen LogP contribution in [0.15, 0.2) is 36.4 Å². The van der Waals surface area contributed by atoms with E-state index in [4.69, 9.17) is 4.74 Å². The van der Waals surface area contributed by atoms with Crippen molar-refractivity contribution in [3.05, 3.63) is 46.8 Å². The Kier molecular flexibility index (Phi) is 6.53. The van der Waals surface area contributed by atoms with Crippen LogP contribution in [-0.2, 0) is 20.9 Å². The van der Waals surface area contributed by atoms with Gasteiger partial charge in [-0.15, -0.1) is 11.3 Å². The second kappa shape index (κ2) is 9.09. The van der Waals surface area contributed by atoms with Crippen LogP contribution < -0.4 is 10.2 Å². The third-order valence-electron chi connectivity index (χ3n) is 4.63. The molecule has 1 aliphatic carbocycles. The second-order valence-corrected chi connectivity index (χ2v) is 8.40. The van der Waals surface area contributed by atoms with Gasteiger partial charge < -0.3 is 19.9 Å². The van der Waals surface area contributed by atoms with Crippen molar-refractivity contribution < 1.29 is 19.1 Å². The monoisotopic (exact) mass is 415 g/mol. The zero-order chi connectivity index (χ0) is 21.0. The Labute approximate surface area is 174 Å². The lowest BCUT2D eigenvalue weighted by atomic mass is 10.2. The first-order valence-electron chi connectivity index (χ1n) is 9.41. The fourth-order valence-electron chi connectivity index (χ4n) is 2.65. The van der Waals surface area contributed by atoms with Crippen molar-refractivity contribution in [1.82, 2.24) is 4.90 Å². The Hall–Kier alpha value is -2.87. The third kappa shape index (κ3) is 5.80. The predicted octanol–water partition coefficient (Wildman–Crippen LogP) is 2.98. The molecule has 0 atom stereocenters. The molecular formula is C21H25N3O4S. The Morgan fingerprint density at radius 2 is 1.76 bits per heavy atom. The quantitative estimate of drug-likeness (QED) is 0.671. The Morgan fingerprint density at radius 3 is 2.38 bits per heavy atom. The number of ether oxygens (including phenoxy) is 1. The number of thiophene rings is 1. The van der Waals surface area contributed by atoms with Crippen LogP contribution in [0.3, 0.4) is 0 Å². The summed E-state index contributed by atoms with van der Waals surface area (Å²) >= 11 is 1.15. The van der Waals surface area contributed by atoms with Gasteiger partial charge in [0.2, 0.25) is 5.91 Å². The van der Waals surface area contributed by atoms with E-state index in [9.17, 15) is 14.4 Å². The minimum atomic E-state index is -0.570. The molecule has 1 aromatic carbocycles. The molecule has 29 heavy (non-hydrogen) atoms. The molecule has 0 saturated heterocycles. The second-order valence-electron chi connectivity index (χ2n) is 7.31. The Balaban J connectivity index is 1.45. The maximum atomic E-state index is 12.3. The van der Waals surface area contributed by atoms with Gasteiger partial charge in [0, 0.05) is 39.3 Å². The number of hydrogen-bond donors (Lipinski definition) is 1. The highest BCUT2D eigenvalue weighted by Crippen LogP contribution is 2.31. The molecule has 154 valence electrons. The standard InChI is InChI=1S/C21H25N3O4S/c1-23(2)16-8-4-14(5-9-16)12-24(3)19(25)13-28-21(27)17-10-11-18(29-17)22-20(26)15-6-7-15/h4-5,8-11,15H,6-7,12-13H2,1-3H3,(H,22,26). The van der Waals surface area contributed by atoms with Gasteiger partial charge in [-0.25, -0.2) is 4.79 Å². The van der Waals surface area contributed by atoms with Gasteiger partial charge in [0.1, 0.15) is 4.88 Å². The maximum absolute atomic E-state index is 12.3. The number of nitrogens with one attached hydrogen (secondary N) is 1. The molecular weight excluding hydrogens is 390 g/mol. The maximum Gasteiger partial charge on any atom is 0.348 e. The van der Waals surface area contributed by atoms with Crippen LogP contribution in [0.2, 0.25) is 0 Å². The normalized spacial score (nSPS) is 12.9. The van der Waals surface area contributed by atoms with Crippen LogP contribution in [0.25, 0.3) is 0 Å². The van der Waals surface area contributed by atoms with Crippen molar-refractivity contribution in [3.63, 3.8) is 0 Å². The van der Waals surface area contributed by atoms with E-state index < -0.39 is 5.97 Å². The number of esters is 1. The first kappa shape index (κ1) is 20.9. The molecule has 1 aliphatic rings. The topological polar surface area (TPSA) is 79.0 Å². The van der Waals surface area contributed by atoms with E-state index in [2.05, 4.69) is 5.32 Å². The summed E-state index contributed by atoms with van der Waals surface area (Å²) < 4.78 is 5.14. The molecule has 7 nitrogen and oxygen atoms in total. The summed E-state index contributed by atoms with van der Waals surface area (Å²) in [7, 11) is 5.61. The van der Waals surface area contributed by atoms with Gasteiger partial charge in [0.05, 0.1) is 5.00 Å². The number of hydrogen-bond acceptors (Lipinski definition) is 6. The summed E-state index contributed by atoms with van der Waals surface area (Å²) in [6, 6.07) is 11.2. The lowest BCUT2D eigenvalue weighted by Crippen LogP contribution is -2.30. The van der Waals surface area contributed by atoms with Gasteiger partial charge in [0.25, 0.3) is 5.91 Å². The fourth-order valence-corrected chi connectivity index (χ4v) is 3.46. The molecule has 0 aliphatic heterocycles. The molecule has 0 spiro atoms. The van der Waals surface area contributed by atoms with Gasteiger partial charge in [-0.1, -0.05) is 12.1 Å². The minimum Gasteiger partial charge on any atom is -0.451 e. The SMILES string of the molecule is CN(Cc1ccc(N(C)C)cc1)C(=O)COC(=O)c1ccc(NC(=O)C2CC2)s1. The van der Waals surface area contributed by atoms with E-state index in [1.54, 1.807) is 19.2 Å². The Bertz CT molecular complexity index is 888. The summed E-state index contributed by atoms with van der Waals surface area (Å²) in [5, 5.41) is 3.40. The highest BCUT2D eigenvalue weighted by atomic mass is 32.1. The van der Waals surface area contributed by atoms with Crippen molar-refractivity contribution >= 4 is 39.8 Å². The zero-order valence-corrected chi connectivity index (χ0v) is 17.6. The van der Waals surface area contributed by atoms with Crippen molar-refractivity contribution in [2.24, 2.45) is 5.92 Å². The molecule has 1 N–H and O–H groups in total. The van der Waals surface area contributed by atoms with E-state index >= 15 is 0 Å². The summed E-state index contributed by atoms with van der Waals surface area (Å²) in [6.07, 6.45) is 1.84. The first-order chi connectivity index (χ1) is 13.8. The van der Waals surface area contributed by atoms with E-state index in [1.807, 2.05) is 43.3 Å². The molecule has 2 aromatic rings. The van der Waals surface area contributed by atoms with Crippen molar-refractivity contribution in [2.75, 3.05) is 38.0 Å². The fraction of sp³-hybridized carbons (Fsp3) is 0.381. The number of anilines is 2. The highest BCUT2D eigenvalue weighted by Gasteiger charge is 2.30. The molecule has 1 fully saturated rings. The van der Waals surface area contributed by atoms with Crippen molar-refractivity contribution in [3.8, 4) is 0 Å². The average Bonchev–Trinajstić information content (AvgIpc) is 3.45. The van der Waals surface area contributed by atoms with E-state index in [1.165, 1.54) is 4.90 Å². The smallest absolute Gasteiger partial charge is 0.348 e. The molecule has 1 saturated carbocycles. The van der Waals surface area contributed by atoms with Gasteiger partial charge >= 0.3 is 5.97 Å². The van der Waals surface area contributed by atoms with E-state index in [-0.39, 0.29) is 24.3 Å². The number of rotatable bonds is 8. The van der Waals surface area contributed by atoms with Crippen LogP contribution in [0.4, 0.5) is 10.7 Å². The van der Waals surface area contributed by atoms with Gasteiger partial charge in [-0.05, 0) is 42.7 Å². The molecule has 0 unspecified atom stereocenters. The lowest BCUT2D eigenvalue weighted by Gasteiger charge is -2.18. The van der Waals surface area contributed by atoms with Gasteiger partial charge in [0.15, 0.2) is 6.61 Å². The molecule has 1 aromatic heterocycles. The largest absolute Gasteiger partial charge is 0.451 e. The van der Waals surface area contributed by atoms with Crippen LogP contribution in [-0.4, -0.2) is 50.4 Å². The number of carbonyl (C=O) groups excluding carboxylic acids is 3. The Morgan fingerprint density at radius 1 is 1.07 bits per heavy atom. The summed E-state index contributed by atoms with van der Waals surface area (Å²) in [4.78, 5) is 40.1. The zero-order valence-electron chi connectivity index (χ0n) is 16.8. The number of benzene rings is 1. The molecule has 0 bridgehead atoms. The minimum absolute atomic E-state index is 0.0119. The van der Waals surface area contributed by atoms with E-state index in [0.29, 0.717) is 16.4 Å². The van der Waals surface area contributed by atoms with E-state index in [0.717, 1.165) is 35.4 Å². The molecule has 1 heterocycles. The first-order valence-corrected chi connectivity index (χ1v) is 10.2. The van der Waals surface area contributed by atoms with Crippen LogP contribution in [0, 0.1) is 5.92 Å². The number of nitrogens with zero attached hydrogens (tertiary/aromatic N) is 2. The lowest BCUT2D eigenvalue weighted by molar-refractivity contribution is -0.133. The summed E-state index contributed by atoms with van der Waals surface area (Å²) in [6.45, 7) is 0.104. The number of carbonyl (C=O) groups is 3. The molecule has 3 rings (SSSR count). The third-order valence-corrected chi connectivity index (χ3v) is 5.61. The van der Waals surface area contributed by atoms with Crippen LogP contribution in [0.5, 0.6) is 0 Å². The van der Waals surface area contributed by atoms with Crippen molar-refractivity contribution in [2.45, 2.75) is 19.4 Å². The van der Waals surface area contributed by atoms with Crippen LogP contribution >= 0.6 is 11.3 Å². The molecule has 0 radical (unpaired) electrons. The number of likely N-dealkylation sites (N-methyl/N-ethyl adjacent to an activating group) is 1. The summed E-state index contributed by atoms with van der Waals surface area (Å²) in [5.41, 5.74) is 2.08. The predicted molar refractivity (Wildman–Crippen MR) is 113 cm³/mol. The number of amides is 2.